The Morgan fingerprint density at radius 3 is 2.74 bits per heavy atom. The van der Waals surface area contributed by atoms with Crippen LogP contribution in [0.4, 0.5) is 0 Å². The zero-order valence-electron chi connectivity index (χ0n) is 13.4. The Bertz CT molecular complexity index is 269. The molecule has 1 N–H and O–H groups in total. The van der Waals surface area contributed by atoms with E-state index in [0.29, 0.717) is 6.04 Å². The number of piperidine rings is 2. The minimum atomic E-state index is 0.655. The first kappa shape index (κ1) is 15.3. The Hall–Kier alpha value is -0.120. The summed E-state index contributed by atoms with van der Waals surface area (Å²) in [6.07, 6.45) is 5.48. The monoisotopic (exact) mass is 267 g/mol. The van der Waals surface area contributed by atoms with Gasteiger partial charge in [0.15, 0.2) is 0 Å². The van der Waals surface area contributed by atoms with Crippen LogP contribution in [0.1, 0.15) is 39.5 Å². The minimum absolute atomic E-state index is 0.655. The number of rotatable bonds is 5. The number of fused-ring (bicyclic) bond motifs is 1. The number of nitrogens with zero attached hydrogens (tertiary/aromatic N) is 2. The quantitative estimate of drug-likeness (QED) is 0.822. The molecule has 4 atom stereocenters. The van der Waals surface area contributed by atoms with Crippen LogP contribution in [0.2, 0.25) is 0 Å². The van der Waals surface area contributed by atoms with Gasteiger partial charge in [0.2, 0.25) is 0 Å². The lowest BCUT2D eigenvalue weighted by Crippen LogP contribution is -2.55. The zero-order chi connectivity index (χ0) is 13.8. The van der Waals surface area contributed by atoms with E-state index in [1.807, 2.05) is 0 Å². The van der Waals surface area contributed by atoms with Crippen LogP contribution < -0.4 is 5.32 Å². The molecule has 0 aromatic heterocycles. The summed E-state index contributed by atoms with van der Waals surface area (Å²) in [7, 11) is 4.44. The minimum Gasteiger partial charge on any atom is -0.315 e. The molecule has 2 aliphatic heterocycles. The lowest BCUT2D eigenvalue weighted by molar-refractivity contribution is 0.0326. The maximum Gasteiger partial charge on any atom is 0.0217 e. The van der Waals surface area contributed by atoms with Crippen molar-refractivity contribution in [3.8, 4) is 0 Å². The maximum atomic E-state index is 3.53. The Balaban J connectivity index is 1.86. The van der Waals surface area contributed by atoms with Crippen LogP contribution in [-0.2, 0) is 0 Å². The first-order valence-electron chi connectivity index (χ1n) is 8.25. The molecule has 0 radical (unpaired) electrons. The number of likely N-dealkylation sites (tertiary alicyclic amines) is 2. The molecular formula is C16H33N3. The van der Waals surface area contributed by atoms with Gasteiger partial charge in [0.1, 0.15) is 0 Å². The largest absolute Gasteiger partial charge is 0.315 e. The van der Waals surface area contributed by atoms with Crippen molar-refractivity contribution in [2.45, 2.75) is 51.6 Å². The van der Waals surface area contributed by atoms with Gasteiger partial charge in [-0.1, -0.05) is 20.3 Å². The molecule has 0 spiro atoms. The molecule has 0 aromatic rings. The SMILES string of the molecule is CCC(C)C(CN1CCC2C(CCCN2C)C1)NC. The molecular weight excluding hydrogens is 234 g/mol. The molecule has 0 amide bonds. The summed E-state index contributed by atoms with van der Waals surface area (Å²) in [5.74, 6) is 1.69. The average molecular weight is 267 g/mol. The Morgan fingerprint density at radius 1 is 1.26 bits per heavy atom. The Kier molecular flexibility index (Phi) is 5.67. The zero-order valence-corrected chi connectivity index (χ0v) is 13.4. The third-order valence-electron chi connectivity index (χ3n) is 5.59. The molecule has 3 heteroatoms. The van der Waals surface area contributed by atoms with Gasteiger partial charge in [-0.3, -0.25) is 0 Å². The average Bonchev–Trinajstić information content (AvgIpc) is 2.44. The molecule has 0 aromatic carbocycles. The highest BCUT2D eigenvalue weighted by Gasteiger charge is 2.34. The summed E-state index contributed by atoms with van der Waals surface area (Å²) in [6.45, 7) is 9.84. The molecule has 4 unspecified atom stereocenters. The van der Waals surface area contributed by atoms with E-state index in [-0.39, 0.29) is 0 Å². The topological polar surface area (TPSA) is 18.5 Å². The van der Waals surface area contributed by atoms with Crippen LogP contribution in [0.15, 0.2) is 0 Å². The molecule has 112 valence electrons. The summed E-state index contributed by atoms with van der Waals surface area (Å²) in [5.41, 5.74) is 0. The van der Waals surface area contributed by atoms with Crippen LogP contribution in [0.25, 0.3) is 0 Å². The first-order chi connectivity index (χ1) is 9.15. The van der Waals surface area contributed by atoms with Crippen molar-refractivity contribution in [1.82, 2.24) is 15.1 Å². The third kappa shape index (κ3) is 3.71. The molecule has 2 heterocycles. The molecule has 2 fully saturated rings. The summed E-state index contributed by atoms with van der Waals surface area (Å²) >= 11 is 0. The Labute approximate surface area is 119 Å². The van der Waals surface area contributed by atoms with E-state index in [0.717, 1.165) is 17.9 Å². The number of nitrogens with one attached hydrogen (secondary N) is 1. The predicted molar refractivity (Wildman–Crippen MR) is 82.5 cm³/mol. The van der Waals surface area contributed by atoms with E-state index in [4.69, 9.17) is 0 Å². The second-order valence-corrected chi connectivity index (χ2v) is 6.78. The Morgan fingerprint density at radius 2 is 2.05 bits per heavy atom. The van der Waals surface area contributed by atoms with Gasteiger partial charge in [0.05, 0.1) is 0 Å². The lowest BCUT2D eigenvalue weighted by atomic mass is 9.84. The molecule has 0 bridgehead atoms. The highest BCUT2D eigenvalue weighted by atomic mass is 15.2. The molecule has 2 rings (SSSR count). The van der Waals surface area contributed by atoms with E-state index in [1.54, 1.807) is 0 Å². The predicted octanol–water partition coefficient (Wildman–Crippen LogP) is 2.04. The number of hydrogen-bond acceptors (Lipinski definition) is 3. The maximum absolute atomic E-state index is 3.53. The molecule has 0 aliphatic carbocycles. The summed E-state index contributed by atoms with van der Waals surface area (Å²) in [5, 5.41) is 3.53. The second-order valence-electron chi connectivity index (χ2n) is 6.78. The van der Waals surface area contributed by atoms with Gasteiger partial charge < -0.3 is 15.1 Å². The van der Waals surface area contributed by atoms with Crippen LogP contribution in [-0.4, -0.2) is 62.2 Å². The fourth-order valence-electron chi connectivity index (χ4n) is 4.01. The smallest absolute Gasteiger partial charge is 0.0217 e. The first-order valence-corrected chi connectivity index (χ1v) is 8.25. The van der Waals surface area contributed by atoms with Crippen molar-refractivity contribution in [3.63, 3.8) is 0 Å². The third-order valence-corrected chi connectivity index (χ3v) is 5.59. The van der Waals surface area contributed by atoms with Gasteiger partial charge in [-0.05, 0) is 58.3 Å². The van der Waals surface area contributed by atoms with E-state index in [2.05, 4.69) is 43.1 Å². The van der Waals surface area contributed by atoms with Crippen molar-refractivity contribution in [1.29, 1.82) is 0 Å². The van der Waals surface area contributed by atoms with Crippen molar-refractivity contribution in [3.05, 3.63) is 0 Å². The molecule has 2 aliphatic rings. The van der Waals surface area contributed by atoms with Gasteiger partial charge >= 0.3 is 0 Å². The normalized spacial score (nSPS) is 32.8. The van der Waals surface area contributed by atoms with Crippen LogP contribution in [0, 0.1) is 11.8 Å². The van der Waals surface area contributed by atoms with Gasteiger partial charge in [-0.2, -0.15) is 0 Å². The van der Waals surface area contributed by atoms with Crippen LogP contribution in [0.5, 0.6) is 0 Å². The summed E-state index contributed by atoms with van der Waals surface area (Å²) in [4.78, 5) is 5.32. The molecule has 2 saturated heterocycles. The number of hydrogen-bond donors (Lipinski definition) is 1. The summed E-state index contributed by atoms with van der Waals surface area (Å²) < 4.78 is 0. The molecule has 3 nitrogen and oxygen atoms in total. The molecule has 0 saturated carbocycles. The van der Waals surface area contributed by atoms with Gasteiger partial charge in [0.25, 0.3) is 0 Å². The van der Waals surface area contributed by atoms with Crippen LogP contribution in [0.3, 0.4) is 0 Å². The fraction of sp³-hybridized carbons (Fsp3) is 1.00. The van der Waals surface area contributed by atoms with Crippen molar-refractivity contribution >= 4 is 0 Å². The highest BCUT2D eigenvalue weighted by molar-refractivity contribution is 4.90. The second kappa shape index (κ2) is 7.05. The standard InChI is InChI=1S/C16H33N3/c1-5-13(2)15(17-3)12-19-10-8-16-14(11-19)7-6-9-18(16)4/h13-17H,5-12H2,1-4H3. The van der Waals surface area contributed by atoms with Crippen molar-refractivity contribution in [2.75, 3.05) is 40.3 Å². The number of likely N-dealkylation sites (N-methyl/N-ethyl adjacent to an activating group) is 1. The van der Waals surface area contributed by atoms with Crippen LogP contribution >= 0.6 is 0 Å². The van der Waals surface area contributed by atoms with E-state index < -0.39 is 0 Å². The summed E-state index contributed by atoms with van der Waals surface area (Å²) in [6, 6.07) is 1.52. The van der Waals surface area contributed by atoms with Crippen molar-refractivity contribution < 1.29 is 0 Å². The fourth-order valence-corrected chi connectivity index (χ4v) is 4.01. The highest BCUT2D eigenvalue weighted by Crippen LogP contribution is 2.29. The van der Waals surface area contributed by atoms with Gasteiger partial charge in [-0.15, -0.1) is 0 Å². The van der Waals surface area contributed by atoms with Gasteiger partial charge in [-0.25, -0.2) is 0 Å². The lowest BCUT2D eigenvalue weighted by Gasteiger charge is -2.46. The van der Waals surface area contributed by atoms with E-state index >= 15 is 0 Å². The van der Waals surface area contributed by atoms with Gasteiger partial charge in [0, 0.05) is 25.2 Å². The van der Waals surface area contributed by atoms with Crippen molar-refractivity contribution in [2.24, 2.45) is 11.8 Å². The molecule has 19 heavy (non-hydrogen) atoms. The van der Waals surface area contributed by atoms with E-state index in [9.17, 15) is 0 Å². The van der Waals surface area contributed by atoms with E-state index in [1.165, 1.54) is 51.9 Å².